The number of nitrogens with zero attached hydrogens (tertiary/aromatic N) is 5. The number of aromatic amines is 1. The lowest BCUT2D eigenvalue weighted by Gasteiger charge is -2.30. The van der Waals surface area contributed by atoms with E-state index in [0.29, 0.717) is 18.4 Å². The van der Waals surface area contributed by atoms with Crippen molar-refractivity contribution in [3.05, 3.63) is 53.0 Å². The standard InChI is InChI=1S/C26H30N6/c1-16(2)24-21-13-20(19-7-10-31(11-8-19)12-9-27)5-6-23(21)29-25(24)22-14-32-15-28-30-26(32)18(4)17(22)3/h5-6,13-16,19,29H,7-8,10-12H2,1-4H3. The van der Waals surface area contributed by atoms with E-state index >= 15 is 0 Å². The quantitative estimate of drug-likeness (QED) is 0.448. The van der Waals surface area contributed by atoms with Gasteiger partial charge < -0.3 is 4.98 Å². The Labute approximate surface area is 188 Å². The third-order valence-electron chi connectivity index (χ3n) is 7.21. The molecule has 4 heterocycles. The summed E-state index contributed by atoms with van der Waals surface area (Å²) in [5.41, 5.74) is 9.71. The van der Waals surface area contributed by atoms with Crippen LogP contribution in [0, 0.1) is 25.2 Å². The molecule has 1 saturated heterocycles. The predicted octanol–water partition coefficient (Wildman–Crippen LogP) is 5.32. The Balaban J connectivity index is 1.59. The molecular weight excluding hydrogens is 396 g/mol. The maximum atomic E-state index is 8.98. The van der Waals surface area contributed by atoms with Crippen LogP contribution in [0.2, 0.25) is 0 Å². The van der Waals surface area contributed by atoms with Gasteiger partial charge in [-0.15, -0.1) is 10.2 Å². The number of pyridine rings is 1. The molecular formula is C26H30N6. The second kappa shape index (κ2) is 8.07. The zero-order valence-corrected chi connectivity index (χ0v) is 19.3. The highest BCUT2D eigenvalue weighted by atomic mass is 15.2. The van der Waals surface area contributed by atoms with Crippen molar-refractivity contribution in [2.75, 3.05) is 19.6 Å². The van der Waals surface area contributed by atoms with Crippen LogP contribution in [0.15, 0.2) is 30.7 Å². The van der Waals surface area contributed by atoms with Gasteiger partial charge in [-0.25, -0.2) is 0 Å². The first-order valence-electron chi connectivity index (χ1n) is 11.5. The second-order valence-electron chi connectivity index (χ2n) is 9.44. The van der Waals surface area contributed by atoms with Gasteiger partial charge in [0.25, 0.3) is 0 Å². The van der Waals surface area contributed by atoms with Crippen LogP contribution in [-0.2, 0) is 0 Å². The Morgan fingerprint density at radius 3 is 2.69 bits per heavy atom. The molecule has 0 aliphatic carbocycles. The molecule has 1 fully saturated rings. The molecule has 5 rings (SSSR count). The van der Waals surface area contributed by atoms with Gasteiger partial charge in [-0.1, -0.05) is 19.9 Å². The minimum atomic E-state index is 0.391. The highest BCUT2D eigenvalue weighted by Crippen LogP contribution is 2.39. The van der Waals surface area contributed by atoms with E-state index in [1.807, 2.05) is 4.40 Å². The Bertz CT molecular complexity index is 1330. The molecule has 6 nitrogen and oxygen atoms in total. The zero-order chi connectivity index (χ0) is 22.4. The molecule has 0 radical (unpaired) electrons. The topological polar surface area (TPSA) is 73.0 Å². The molecule has 0 atom stereocenters. The average molecular weight is 427 g/mol. The Kier molecular flexibility index (Phi) is 5.22. The van der Waals surface area contributed by atoms with Crippen LogP contribution in [0.5, 0.6) is 0 Å². The first-order chi connectivity index (χ1) is 15.5. The lowest BCUT2D eigenvalue weighted by atomic mass is 9.87. The number of nitrogens with one attached hydrogen (secondary N) is 1. The summed E-state index contributed by atoms with van der Waals surface area (Å²) >= 11 is 0. The van der Waals surface area contributed by atoms with E-state index in [1.54, 1.807) is 6.33 Å². The van der Waals surface area contributed by atoms with Crippen molar-refractivity contribution in [3.63, 3.8) is 0 Å². The van der Waals surface area contributed by atoms with Gasteiger partial charge in [-0.3, -0.25) is 9.30 Å². The smallest absolute Gasteiger partial charge is 0.163 e. The Morgan fingerprint density at radius 2 is 1.97 bits per heavy atom. The van der Waals surface area contributed by atoms with E-state index in [2.05, 4.69) is 78.2 Å². The van der Waals surface area contributed by atoms with Crippen LogP contribution in [-0.4, -0.2) is 44.1 Å². The van der Waals surface area contributed by atoms with Gasteiger partial charge in [0, 0.05) is 22.7 Å². The number of piperidine rings is 1. The summed E-state index contributed by atoms with van der Waals surface area (Å²) in [5, 5.41) is 18.7. The van der Waals surface area contributed by atoms with Gasteiger partial charge in [0.1, 0.15) is 6.33 Å². The fourth-order valence-corrected chi connectivity index (χ4v) is 5.28. The Hall–Kier alpha value is -3.17. The zero-order valence-electron chi connectivity index (χ0n) is 19.3. The Morgan fingerprint density at radius 1 is 1.19 bits per heavy atom. The highest BCUT2D eigenvalue weighted by molar-refractivity contribution is 5.92. The molecule has 0 saturated carbocycles. The van der Waals surface area contributed by atoms with Crippen molar-refractivity contribution >= 4 is 16.6 Å². The summed E-state index contributed by atoms with van der Waals surface area (Å²) in [6.07, 6.45) is 6.16. The van der Waals surface area contributed by atoms with Crippen LogP contribution in [0.1, 0.15) is 60.8 Å². The molecule has 1 aliphatic rings. The molecule has 0 bridgehead atoms. The molecule has 3 aromatic heterocycles. The van der Waals surface area contributed by atoms with Crippen molar-refractivity contribution in [2.24, 2.45) is 0 Å². The van der Waals surface area contributed by atoms with Crippen LogP contribution in [0.3, 0.4) is 0 Å². The number of aromatic nitrogens is 4. The molecule has 1 aromatic carbocycles. The number of fused-ring (bicyclic) bond motifs is 2. The molecule has 6 heteroatoms. The largest absolute Gasteiger partial charge is 0.354 e. The molecule has 164 valence electrons. The van der Waals surface area contributed by atoms with Gasteiger partial charge in [0.2, 0.25) is 0 Å². The predicted molar refractivity (Wildman–Crippen MR) is 128 cm³/mol. The van der Waals surface area contributed by atoms with Crippen LogP contribution in [0.25, 0.3) is 27.8 Å². The second-order valence-corrected chi connectivity index (χ2v) is 9.44. The number of likely N-dealkylation sites (tertiary alicyclic amines) is 1. The van der Waals surface area contributed by atoms with Crippen molar-refractivity contribution in [3.8, 4) is 17.3 Å². The molecule has 4 aromatic rings. The molecule has 32 heavy (non-hydrogen) atoms. The maximum Gasteiger partial charge on any atom is 0.163 e. The lowest BCUT2D eigenvalue weighted by molar-refractivity contribution is 0.235. The van der Waals surface area contributed by atoms with E-state index in [-0.39, 0.29) is 0 Å². The van der Waals surface area contributed by atoms with E-state index < -0.39 is 0 Å². The van der Waals surface area contributed by atoms with Gasteiger partial charge in [-0.2, -0.15) is 5.26 Å². The number of rotatable bonds is 4. The summed E-state index contributed by atoms with van der Waals surface area (Å²) in [6.45, 7) is 11.4. The number of aryl methyl sites for hydroxylation is 1. The van der Waals surface area contributed by atoms with Gasteiger partial charge >= 0.3 is 0 Å². The first kappa shape index (κ1) is 20.7. The summed E-state index contributed by atoms with van der Waals surface area (Å²) < 4.78 is 2.02. The van der Waals surface area contributed by atoms with Gasteiger partial charge in [0.05, 0.1) is 18.3 Å². The fourth-order valence-electron chi connectivity index (χ4n) is 5.28. The normalized spacial score (nSPS) is 15.8. The third kappa shape index (κ3) is 3.37. The first-order valence-corrected chi connectivity index (χ1v) is 11.5. The summed E-state index contributed by atoms with van der Waals surface area (Å²) in [7, 11) is 0. The number of nitriles is 1. The average Bonchev–Trinajstić information content (AvgIpc) is 3.41. The SMILES string of the molecule is Cc1c(-c2[nH]c3ccc(C4CCN(CC#N)CC4)cc3c2C(C)C)cn2cnnc2c1C. The highest BCUT2D eigenvalue weighted by Gasteiger charge is 2.23. The van der Waals surface area contributed by atoms with Crippen LogP contribution < -0.4 is 0 Å². The van der Waals surface area contributed by atoms with Crippen LogP contribution >= 0.6 is 0 Å². The maximum absolute atomic E-state index is 8.98. The number of benzene rings is 1. The number of H-pyrrole nitrogens is 1. The number of hydrogen-bond donors (Lipinski definition) is 1. The summed E-state index contributed by atoms with van der Waals surface area (Å²) in [6, 6.07) is 9.24. The number of hydrogen-bond acceptors (Lipinski definition) is 4. The molecule has 0 spiro atoms. The fraction of sp³-hybridized carbons (Fsp3) is 0.423. The molecule has 1 aliphatic heterocycles. The molecule has 0 amide bonds. The van der Waals surface area contributed by atoms with Gasteiger partial charge in [0.15, 0.2) is 5.65 Å². The lowest BCUT2D eigenvalue weighted by Crippen LogP contribution is -2.33. The summed E-state index contributed by atoms with van der Waals surface area (Å²) in [5.74, 6) is 0.952. The van der Waals surface area contributed by atoms with Gasteiger partial charge in [-0.05, 0) is 86.0 Å². The van der Waals surface area contributed by atoms with Crippen molar-refractivity contribution < 1.29 is 0 Å². The van der Waals surface area contributed by atoms with E-state index in [9.17, 15) is 0 Å². The van der Waals surface area contributed by atoms with Crippen LogP contribution in [0.4, 0.5) is 0 Å². The minimum absolute atomic E-state index is 0.391. The molecule has 0 unspecified atom stereocenters. The van der Waals surface area contributed by atoms with E-state index in [1.165, 1.54) is 38.9 Å². The van der Waals surface area contributed by atoms with E-state index in [0.717, 1.165) is 37.1 Å². The van der Waals surface area contributed by atoms with Crippen molar-refractivity contribution in [1.29, 1.82) is 5.26 Å². The van der Waals surface area contributed by atoms with Crippen molar-refractivity contribution in [2.45, 2.75) is 52.4 Å². The van der Waals surface area contributed by atoms with Crippen molar-refractivity contribution in [1.82, 2.24) is 24.5 Å². The molecule has 1 N–H and O–H groups in total. The van der Waals surface area contributed by atoms with E-state index in [4.69, 9.17) is 5.26 Å². The third-order valence-corrected chi connectivity index (χ3v) is 7.21. The monoisotopic (exact) mass is 426 g/mol. The summed E-state index contributed by atoms with van der Waals surface area (Å²) in [4.78, 5) is 6.00. The minimum Gasteiger partial charge on any atom is -0.354 e.